The summed E-state index contributed by atoms with van der Waals surface area (Å²) in [5.74, 6) is -0.422. The molecule has 1 atom stereocenters. The summed E-state index contributed by atoms with van der Waals surface area (Å²) in [6, 6.07) is 10.1. The lowest BCUT2D eigenvalue weighted by atomic mass is 9.88. The number of hydrogen-bond donors (Lipinski definition) is 3. The highest BCUT2D eigenvalue weighted by molar-refractivity contribution is 7.90. The summed E-state index contributed by atoms with van der Waals surface area (Å²) in [5.41, 5.74) is 9.32. The molecule has 2 heterocycles. The van der Waals surface area contributed by atoms with Gasteiger partial charge in [0.25, 0.3) is 10.2 Å². The maximum Gasteiger partial charge on any atom is 0.323 e. The molecule has 0 amide bonds. The number of halogens is 1. The SMILES string of the molecule is CC(C)NS(=O)(=O)Nc1ccc(-c2cc(-c3ccnc(C(C)(C)COC(=O)C(N)C(C)C)c3)cs2)c(Cl)c1. The van der Waals surface area contributed by atoms with Gasteiger partial charge in [-0.15, -0.1) is 11.3 Å². The quantitative estimate of drug-likeness (QED) is 0.255. The van der Waals surface area contributed by atoms with Crippen LogP contribution in [0.15, 0.2) is 48.0 Å². The molecule has 1 aromatic carbocycles. The van der Waals surface area contributed by atoms with Crippen LogP contribution in [0.4, 0.5) is 5.69 Å². The summed E-state index contributed by atoms with van der Waals surface area (Å²) in [6.07, 6.45) is 1.74. The van der Waals surface area contributed by atoms with Crippen LogP contribution in [0.1, 0.15) is 47.2 Å². The highest BCUT2D eigenvalue weighted by Gasteiger charge is 2.27. The van der Waals surface area contributed by atoms with Crippen molar-refractivity contribution in [3.8, 4) is 21.6 Å². The molecular formula is C27H35ClN4O4S2. The molecule has 1 unspecified atom stereocenters. The van der Waals surface area contributed by atoms with Crippen LogP contribution in [0, 0.1) is 5.92 Å². The van der Waals surface area contributed by atoms with E-state index in [-0.39, 0.29) is 18.6 Å². The number of rotatable bonds is 11. The molecule has 0 aliphatic carbocycles. The van der Waals surface area contributed by atoms with E-state index in [9.17, 15) is 13.2 Å². The second-order valence-corrected chi connectivity index (χ2v) is 13.2. The van der Waals surface area contributed by atoms with Gasteiger partial charge in [-0.1, -0.05) is 39.3 Å². The van der Waals surface area contributed by atoms with Crippen LogP contribution in [-0.2, 0) is 25.2 Å². The fraction of sp³-hybridized carbons (Fsp3) is 0.407. The minimum Gasteiger partial charge on any atom is -0.464 e. The van der Waals surface area contributed by atoms with Crippen molar-refractivity contribution in [2.45, 2.75) is 59.0 Å². The van der Waals surface area contributed by atoms with Crippen LogP contribution in [0.2, 0.25) is 5.02 Å². The van der Waals surface area contributed by atoms with E-state index in [4.69, 9.17) is 22.1 Å². The second-order valence-electron chi connectivity index (χ2n) is 10.5. The van der Waals surface area contributed by atoms with Crippen LogP contribution in [0.5, 0.6) is 0 Å². The smallest absolute Gasteiger partial charge is 0.323 e. The van der Waals surface area contributed by atoms with E-state index in [1.165, 1.54) is 11.3 Å². The number of carbonyl (C=O) groups is 1. The number of benzene rings is 1. The zero-order valence-electron chi connectivity index (χ0n) is 22.4. The lowest BCUT2D eigenvalue weighted by Gasteiger charge is -2.25. The lowest BCUT2D eigenvalue weighted by molar-refractivity contribution is -0.148. The van der Waals surface area contributed by atoms with Crippen molar-refractivity contribution in [3.05, 3.63) is 58.7 Å². The molecule has 38 heavy (non-hydrogen) atoms. The standard InChI is InChI=1S/C27H35ClN4O4S2/c1-16(2)25(29)26(33)36-15-27(5,6)24-12-18(9-10-30-24)19-11-23(37-14-19)21-8-7-20(13-22(21)28)32-38(34,35)31-17(3)4/h7-14,16-17,25,31-32H,15,29H2,1-6H3. The predicted molar refractivity (Wildman–Crippen MR) is 156 cm³/mol. The molecule has 0 radical (unpaired) electrons. The summed E-state index contributed by atoms with van der Waals surface area (Å²) < 4.78 is 34.8. The zero-order valence-corrected chi connectivity index (χ0v) is 24.8. The van der Waals surface area contributed by atoms with Crippen molar-refractivity contribution in [2.24, 2.45) is 11.7 Å². The number of carbonyl (C=O) groups excluding carboxylic acids is 1. The highest BCUT2D eigenvalue weighted by Crippen LogP contribution is 2.38. The predicted octanol–water partition coefficient (Wildman–Crippen LogP) is 5.59. The Bertz CT molecular complexity index is 1390. The van der Waals surface area contributed by atoms with Gasteiger partial charge in [-0.05, 0) is 72.7 Å². The highest BCUT2D eigenvalue weighted by atomic mass is 35.5. The molecule has 2 aromatic heterocycles. The van der Waals surface area contributed by atoms with Gasteiger partial charge in [0.05, 0.1) is 10.7 Å². The minimum atomic E-state index is -3.69. The lowest BCUT2D eigenvalue weighted by Crippen LogP contribution is -2.39. The molecule has 8 nitrogen and oxygen atoms in total. The average Bonchev–Trinajstić information content (AvgIpc) is 3.31. The monoisotopic (exact) mass is 578 g/mol. The van der Waals surface area contributed by atoms with Gasteiger partial charge in [0.15, 0.2) is 0 Å². The summed E-state index contributed by atoms with van der Waals surface area (Å²) >= 11 is 8.07. The molecule has 3 rings (SSSR count). The molecule has 206 valence electrons. The number of ether oxygens (including phenoxy) is 1. The van der Waals surface area contributed by atoms with Crippen molar-refractivity contribution >= 4 is 44.8 Å². The van der Waals surface area contributed by atoms with E-state index >= 15 is 0 Å². The third-order valence-electron chi connectivity index (χ3n) is 5.83. The number of aromatic nitrogens is 1. The van der Waals surface area contributed by atoms with Crippen molar-refractivity contribution in [1.29, 1.82) is 0 Å². The molecule has 11 heteroatoms. The third kappa shape index (κ3) is 7.77. The molecule has 0 saturated heterocycles. The Kier molecular flexibility index (Phi) is 9.59. The summed E-state index contributed by atoms with van der Waals surface area (Å²) in [5, 5.41) is 2.46. The Labute approximate surface area is 234 Å². The number of thiophene rings is 1. The molecule has 0 bridgehead atoms. The van der Waals surface area contributed by atoms with Crippen molar-refractivity contribution in [1.82, 2.24) is 9.71 Å². The van der Waals surface area contributed by atoms with E-state index in [1.54, 1.807) is 38.2 Å². The van der Waals surface area contributed by atoms with Crippen LogP contribution in [0.3, 0.4) is 0 Å². The Morgan fingerprint density at radius 3 is 2.47 bits per heavy atom. The Balaban J connectivity index is 1.77. The fourth-order valence-electron chi connectivity index (χ4n) is 3.58. The minimum absolute atomic E-state index is 0.00394. The van der Waals surface area contributed by atoms with Gasteiger partial charge in [0, 0.05) is 33.8 Å². The Morgan fingerprint density at radius 2 is 1.84 bits per heavy atom. The van der Waals surface area contributed by atoms with Gasteiger partial charge in [0.1, 0.15) is 12.6 Å². The molecule has 0 aliphatic rings. The first-order valence-electron chi connectivity index (χ1n) is 12.3. The van der Waals surface area contributed by atoms with Crippen LogP contribution in [0.25, 0.3) is 21.6 Å². The van der Waals surface area contributed by atoms with Crippen molar-refractivity contribution in [3.63, 3.8) is 0 Å². The van der Waals surface area contributed by atoms with Crippen LogP contribution >= 0.6 is 22.9 Å². The van der Waals surface area contributed by atoms with Gasteiger partial charge < -0.3 is 10.5 Å². The molecule has 0 spiro atoms. The number of pyridine rings is 1. The molecule has 3 aromatic rings. The van der Waals surface area contributed by atoms with Crippen LogP contribution in [-0.4, -0.2) is 38.1 Å². The largest absolute Gasteiger partial charge is 0.464 e. The topological polar surface area (TPSA) is 123 Å². The van der Waals surface area contributed by atoms with Crippen molar-refractivity contribution in [2.75, 3.05) is 11.3 Å². The third-order valence-corrected chi connectivity index (χ3v) is 8.39. The molecule has 0 fully saturated rings. The first-order valence-corrected chi connectivity index (χ1v) is 15.0. The maximum absolute atomic E-state index is 12.2. The molecule has 0 aliphatic heterocycles. The van der Waals surface area contributed by atoms with Gasteiger partial charge in [-0.2, -0.15) is 13.1 Å². The van der Waals surface area contributed by atoms with E-state index in [1.807, 2.05) is 51.3 Å². The van der Waals surface area contributed by atoms with E-state index in [0.717, 1.165) is 27.3 Å². The normalized spacial score (nSPS) is 13.1. The number of esters is 1. The molecule has 4 N–H and O–H groups in total. The maximum atomic E-state index is 12.2. The van der Waals surface area contributed by atoms with Gasteiger partial charge in [-0.3, -0.25) is 14.5 Å². The second kappa shape index (κ2) is 12.1. The Hall–Kier alpha value is -2.50. The number of nitrogens with zero attached hydrogens (tertiary/aromatic N) is 1. The zero-order chi connectivity index (χ0) is 28.3. The summed E-state index contributed by atoms with van der Waals surface area (Å²) in [7, 11) is -3.69. The van der Waals surface area contributed by atoms with Gasteiger partial charge in [0.2, 0.25) is 0 Å². The molecule has 0 saturated carbocycles. The van der Waals surface area contributed by atoms with E-state index in [0.29, 0.717) is 10.7 Å². The number of nitrogens with one attached hydrogen (secondary N) is 2. The number of anilines is 1. The van der Waals surface area contributed by atoms with E-state index < -0.39 is 27.6 Å². The number of hydrogen-bond acceptors (Lipinski definition) is 7. The Morgan fingerprint density at radius 1 is 1.13 bits per heavy atom. The first-order chi connectivity index (χ1) is 17.7. The fourth-order valence-corrected chi connectivity index (χ4v) is 5.99. The van der Waals surface area contributed by atoms with Crippen LogP contribution < -0.4 is 15.2 Å². The van der Waals surface area contributed by atoms with Crippen molar-refractivity contribution < 1.29 is 17.9 Å². The summed E-state index contributed by atoms with van der Waals surface area (Å²) in [4.78, 5) is 17.7. The van der Waals surface area contributed by atoms with Gasteiger partial charge >= 0.3 is 5.97 Å². The number of nitrogens with two attached hydrogens (primary N) is 1. The average molecular weight is 579 g/mol. The molecular weight excluding hydrogens is 544 g/mol. The summed E-state index contributed by atoms with van der Waals surface area (Å²) in [6.45, 7) is 11.4. The first kappa shape index (κ1) is 30.0. The van der Waals surface area contributed by atoms with E-state index in [2.05, 4.69) is 14.4 Å². The van der Waals surface area contributed by atoms with Gasteiger partial charge in [-0.25, -0.2) is 0 Å².